The molecule has 7 nitrogen and oxygen atoms in total. The summed E-state index contributed by atoms with van der Waals surface area (Å²) in [5, 5.41) is 11.2. The van der Waals surface area contributed by atoms with Crippen LogP contribution in [-0.4, -0.2) is 60.7 Å². The third kappa shape index (κ3) is 7.23. The van der Waals surface area contributed by atoms with E-state index >= 15 is 0 Å². The molecule has 1 aromatic carbocycles. The molecule has 0 bridgehead atoms. The highest BCUT2D eigenvalue weighted by molar-refractivity contribution is 5.73. The lowest BCUT2D eigenvalue weighted by atomic mass is 9.88. The molecule has 1 aliphatic rings. The lowest BCUT2D eigenvalue weighted by Gasteiger charge is -2.38. The highest BCUT2D eigenvalue weighted by Crippen LogP contribution is 2.26. The van der Waals surface area contributed by atoms with Crippen molar-refractivity contribution in [3.05, 3.63) is 46.8 Å². The zero-order valence-corrected chi connectivity index (χ0v) is 18.6. The van der Waals surface area contributed by atoms with Gasteiger partial charge in [-0.3, -0.25) is 4.90 Å². The van der Waals surface area contributed by atoms with Crippen LogP contribution in [0.2, 0.25) is 0 Å². The Balaban J connectivity index is 0.000000451. The molecule has 1 saturated heterocycles. The van der Waals surface area contributed by atoms with Gasteiger partial charge in [0, 0.05) is 38.2 Å². The SMILES string of the molecule is COc1ccc(C[C@H]2CN(Cc3c(C)noc3C)CC[C@H]2OC)cc1.O=C(O)C(F)(F)F. The highest BCUT2D eigenvalue weighted by atomic mass is 19.4. The van der Waals surface area contributed by atoms with Crippen molar-refractivity contribution < 1.29 is 37.1 Å². The van der Waals surface area contributed by atoms with Crippen LogP contribution in [0.5, 0.6) is 5.75 Å². The molecule has 2 heterocycles. The molecule has 0 unspecified atom stereocenters. The molecule has 2 aromatic rings. The molecule has 0 saturated carbocycles. The van der Waals surface area contributed by atoms with E-state index in [4.69, 9.17) is 23.9 Å². The summed E-state index contributed by atoms with van der Waals surface area (Å²) in [6.07, 6.45) is -2.70. The van der Waals surface area contributed by atoms with Crippen LogP contribution in [0.3, 0.4) is 0 Å². The van der Waals surface area contributed by atoms with E-state index in [9.17, 15) is 13.2 Å². The van der Waals surface area contributed by atoms with Gasteiger partial charge in [0.2, 0.25) is 0 Å². The summed E-state index contributed by atoms with van der Waals surface area (Å²) < 4.78 is 48.1. The third-order valence-corrected chi connectivity index (χ3v) is 5.51. The first kappa shape index (κ1) is 25.7. The van der Waals surface area contributed by atoms with Crippen molar-refractivity contribution in [2.24, 2.45) is 5.92 Å². The number of benzene rings is 1. The standard InChI is InChI=1S/C20H28N2O3.C2HF3O2/c1-14-19(15(2)25-21-14)13-22-10-9-20(24-4)17(12-22)11-16-5-7-18(23-3)8-6-16;3-2(4,5)1(6)7/h5-8,17,20H,9-13H2,1-4H3;(H,6,7)/t17-,20+;/m0./s1. The smallest absolute Gasteiger partial charge is 0.490 e. The largest absolute Gasteiger partial charge is 0.497 e. The number of ether oxygens (including phenoxy) is 2. The molecular weight excluding hydrogens is 429 g/mol. The Labute approximate surface area is 185 Å². The first-order valence-corrected chi connectivity index (χ1v) is 10.1. The zero-order valence-electron chi connectivity index (χ0n) is 18.6. The van der Waals surface area contributed by atoms with Crippen LogP contribution in [-0.2, 0) is 22.5 Å². The van der Waals surface area contributed by atoms with Crippen LogP contribution < -0.4 is 4.74 Å². The molecule has 0 radical (unpaired) electrons. The van der Waals surface area contributed by atoms with Crippen molar-refractivity contribution in [3.63, 3.8) is 0 Å². The average Bonchev–Trinajstić information content (AvgIpc) is 3.06. The van der Waals surface area contributed by atoms with E-state index in [2.05, 4.69) is 22.2 Å². The maximum Gasteiger partial charge on any atom is 0.490 e. The maximum absolute atomic E-state index is 10.6. The number of hydrogen-bond donors (Lipinski definition) is 1. The topological polar surface area (TPSA) is 85.0 Å². The molecule has 0 aliphatic carbocycles. The molecule has 32 heavy (non-hydrogen) atoms. The Morgan fingerprint density at radius 2 is 1.88 bits per heavy atom. The van der Waals surface area contributed by atoms with Crippen molar-refractivity contribution >= 4 is 5.97 Å². The highest BCUT2D eigenvalue weighted by Gasteiger charge is 2.38. The van der Waals surface area contributed by atoms with E-state index in [-0.39, 0.29) is 0 Å². The summed E-state index contributed by atoms with van der Waals surface area (Å²) in [4.78, 5) is 11.4. The van der Waals surface area contributed by atoms with E-state index < -0.39 is 12.1 Å². The van der Waals surface area contributed by atoms with Gasteiger partial charge in [-0.05, 0) is 44.4 Å². The Morgan fingerprint density at radius 3 is 2.34 bits per heavy atom. The second-order valence-corrected chi connectivity index (χ2v) is 7.72. The molecule has 1 aromatic heterocycles. The number of likely N-dealkylation sites (tertiary alicyclic amines) is 1. The number of piperidine rings is 1. The Kier molecular flexibility index (Phi) is 9.09. The van der Waals surface area contributed by atoms with Gasteiger partial charge in [-0.2, -0.15) is 13.2 Å². The lowest BCUT2D eigenvalue weighted by Crippen LogP contribution is -2.44. The van der Waals surface area contributed by atoms with Crippen molar-refractivity contribution in [1.82, 2.24) is 10.1 Å². The van der Waals surface area contributed by atoms with E-state index in [0.717, 1.165) is 49.7 Å². The van der Waals surface area contributed by atoms with Crippen LogP contribution in [0.1, 0.15) is 29.0 Å². The van der Waals surface area contributed by atoms with Gasteiger partial charge < -0.3 is 19.1 Å². The van der Waals surface area contributed by atoms with E-state index in [0.29, 0.717) is 12.0 Å². The summed E-state index contributed by atoms with van der Waals surface area (Å²) in [5.74, 6) is -0.450. The number of nitrogens with zero attached hydrogens (tertiary/aromatic N) is 2. The molecule has 0 spiro atoms. The minimum Gasteiger partial charge on any atom is -0.497 e. The Bertz CT molecular complexity index is 848. The summed E-state index contributed by atoms with van der Waals surface area (Å²) in [5.41, 5.74) is 3.55. The van der Waals surface area contributed by atoms with Crippen molar-refractivity contribution in [2.75, 3.05) is 27.3 Å². The number of aliphatic carboxylic acids is 1. The fourth-order valence-electron chi connectivity index (χ4n) is 3.75. The van der Waals surface area contributed by atoms with E-state index in [1.54, 1.807) is 7.11 Å². The molecule has 1 aliphatic heterocycles. The normalized spacial score (nSPS) is 19.2. The number of carboxylic acid groups (broad SMARTS) is 1. The second kappa shape index (κ2) is 11.3. The van der Waals surface area contributed by atoms with Crippen LogP contribution in [0, 0.1) is 19.8 Å². The number of hydrogen-bond acceptors (Lipinski definition) is 6. The Hall–Kier alpha value is -2.59. The second-order valence-electron chi connectivity index (χ2n) is 7.72. The fourth-order valence-corrected chi connectivity index (χ4v) is 3.75. The van der Waals surface area contributed by atoms with E-state index in [1.165, 1.54) is 11.1 Å². The summed E-state index contributed by atoms with van der Waals surface area (Å²) in [7, 11) is 3.53. The summed E-state index contributed by atoms with van der Waals surface area (Å²) >= 11 is 0. The van der Waals surface area contributed by atoms with Gasteiger partial charge in [-0.25, -0.2) is 4.79 Å². The van der Waals surface area contributed by atoms with Gasteiger partial charge >= 0.3 is 12.1 Å². The van der Waals surface area contributed by atoms with Gasteiger partial charge in [0.15, 0.2) is 0 Å². The number of alkyl halides is 3. The monoisotopic (exact) mass is 458 g/mol. The molecule has 2 atom stereocenters. The first-order valence-electron chi connectivity index (χ1n) is 10.1. The number of carbonyl (C=O) groups is 1. The third-order valence-electron chi connectivity index (χ3n) is 5.51. The van der Waals surface area contributed by atoms with Crippen LogP contribution in [0.4, 0.5) is 13.2 Å². The van der Waals surface area contributed by atoms with Crippen molar-refractivity contribution in [2.45, 2.75) is 45.5 Å². The predicted molar refractivity (Wildman–Crippen MR) is 111 cm³/mol. The van der Waals surface area contributed by atoms with E-state index in [1.807, 2.05) is 33.1 Å². The molecule has 178 valence electrons. The Morgan fingerprint density at radius 1 is 1.25 bits per heavy atom. The molecule has 10 heteroatoms. The quantitative estimate of drug-likeness (QED) is 0.700. The summed E-state index contributed by atoms with van der Waals surface area (Å²) in [6.45, 7) is 6.97. The fraction of sp³-hybridized carbons (Fsp3) is 0.545. The summed E-state index contributed by atoms with van der Waals surface area (Å²) in [6, 6.07) is 8.36. The predicted octanol–water partition coefficient (Wildman–Crippen LogP) is 4.01. The van der Waals surface area contributed by atoms with Gasteiger partial charge in [0.1, 0.15) is 11.5 Å². The molecular formula is C22H29F3N2O5. The maximum atomic E-state index is 10.6. The minimum atomic E-state index is -5.08. The van der Waals surface area contributed by atoms with Crippen LogP contribution in [0.25, 0.3) is 0 Å². The van der Waals surface area contributed by atoms with Gasteiger partial charge in [0.05, 0.1) is 18.9 Å². The van der Waals surface area contributed by atoms with Crippen molar-refractivity contribution in [3.8, 4) is 5.75 Å². The molecule has 1 fully saturated rings. The first-order chi connectivity index (χ1) is 15.0. The number of methoxy groups -OCH3 is 2. The van der Waals surface area contributed by atoms with Gasteiger partial charge in [-0.1, -0.05) is 17.3 Å². The number of halogens is 3. The minimum absolute atomic E-state index is 0.308. The molecule has 0 amide bonds. The van der Waals surface area contributed by atoms with Gasteiger partial charge in [0.25, 0.3) is 0 Å². The molecule has 3 rings (SSSR count). The van der Waals surface area contributed by atoms with Crippen LogP contribution >= 0.6 is 0 Å². The number of carboxylic acids is 1. The average molecular weight is 458 g/mol. The lowest BCUT2D eigenvalue weighted by molar-refractivity contribution is -0.192. The number of rotatable bonds is 6. The number of aromatic nitrogens is 1. The van der Waals surface area contributed by atoms with Crippen LogP contribution in [0.15, 0.2) is 28.8 Å². The zero-order chi connectivity index (χ0) is 23.9. The van der Waals surface area contributed by atoms with Gasteiger partial charge in [-0.15, -0.1) is 0 Å². The molecule has 1 N–H and O–H groups in total. The van der Waals surface area contributed by atoms with Crippen molar-refractivity contribution in [1.29, 1.82) is 0 Å². The number of aryl methyl sites for hydroxylation is 2.